The molecule has 0 N–H and O–H groups in total. The number of ether oxygens (including phenoxy) is 3. The Labute approximate surface area is 190 Å². The first-order valence-electron chi connectivity index (χ1n) is 10.2. The summed E-state index contributed by atoms with van der Waals surface area (Å²) in [7, 11) is 1.56. The highest BCUT2D eigenvalue weighted by molar-refractivity contribution is 7.22. The van der Waals surface area contributed by atoms with Crippen LogP contribution in [0.2, 0.25) is 0 Å². The molecule has 0 spiro atoms. The van der Waals surface area contributed by atoms with Crippen molar-refractivity contribution >= 4 is 32.6 Å². The molecule has 0 saturated heterocycles. The van der Waals surface area contributed by atoms with Crippen LogP contribution in [0.1, 0.15) is 12.6 Å². The smallest absolute Gasteiger partial charge is 0.267 e. The normalized spacial score (nSPS) is 10.7. The second-order valence-electron chi connectivity index (χ2n) is 6.77. The van der Waals surface area contributed by atoms with Crippen molar-refractivity contribution in [3.63, 3.8) is 0 Å². The molecule has 32 heavy (non-hydrogen) atoms. The summed E-state index contributed by atoms with van der Waals surface area (Å²) in [5.41, 5.74) is 1.49. The number of nitrogens with zero attached hydrogens (tertiary/aromatic N) is 3. The van der Waals surface area contributed by atoms with Crippen LogP contribution in [0.3, 0.4) is 0 Å². The minimum Gasteiger partial charge on any atom is -0.493 e. The van der Waals surface area contributed by atoms with Gasteiger partial charge in [-0.3, -0.25) is 14.7 Å². The number of benzene rings is 2. The summed E-state index contributed by atoms with van der Waals surface area (Å²) in [6, 6.07) is 18.6. The molecule has 1 amide bonds. The summed E-state index contributed by atoms with van der Waals surface area (Å²) in [5, 5.41) is 0.562. The van der Waals surface area contributed by atoms with Gasteiger partial charge >= 0.3 is 0 Å². The van der Waals surface area contributed by atoms with Crippen LogP contribution in [0.15, 0.2) is 66.9 Å². The van der Waals surface area contributed by atoms with E-state index in [1.807, 2.05) is 55.5 Å². The SMILES string of the molecule is CCOc1cccc2sc(N(Cc3ccccn3)C(=O)COc3ccccc3OC)nc12. The van der Waals surface area contributed by atoms with E-state index in [0.29, 0.717) is 29.0 Å². The standard InChI is InChI=1S/C24H23N3O4S/c1-3-30-20-12-8-13-21-23(20)26-24(32-21)27(15-17-9-6-7-14-25-17)22(28)16-31-19-11-5-4-10-18(19)29-2/h4-14H,3,15-16H2,1-2H3. The lowest BCUT2D eigenvalue weighted by Crippen LogP contribution is -2.34. The lowest BCUT2D eigenvalue weighted by molar-refractivity contribution is -0.120. The summed E-state index contributed by atoms with van der Waals surface area (Å²) in [4.78, 5) is 24.0. The predicted molar refractivity (Wildman–Crippen MR) is 125 cm³/mol. The molecule has 0 saturated carbocycles. The van der Waals surface area contributed by atoms with E-state index in [1.165, 1.54) is 11.3 Å². The van der Waals surface area contributed by atoms with Crippen LogP contribution >= 0.6 is 11.3 Å². The zero-order valence-electron chi connectivity index (χ0n) is 17.9. The van der Waals surface area contributed by atoms with E-state index in [-0.39, 0.29) is 19.1 Å². The fraction of sp³-hybridized carbons (Fsp3) is 0.208. The molecule has 0 aliphatic rings. The zero-order valence-corrected chi connectivity index (χ0v) is 18.7. The number of carbonyl (C=O) groups is 1. The molecule has 4 rings (SSSR count). The third-order valence-corrected chi connectivity index (χ3v) is 5.71. The van der Waals surface area contributed by atoms with E-state index < -0.39 is 0 Å². The molecule has 0 aliphatic heterocycles. The van der Waals surface area contributed by atoms with Crippen molar-refractivity contribution in [2.75, 3.05) is 25.2 Å². The molecule has 0 unspecified atom stereocenters. The summed E-state index contributed by atoms with van der Waals surface area (Å²) < 4.78 is 17.7. The number of rotatable bonds is 9. The lowest BCUT2D eigenvalue weighted by Gasteiger charge is -2.20. The Balaban J connectivity index is 1.63. The third-order valence-electron chi connectivity index (χ3n) is 4.67. The van der Waals surface area contributed by atoms with Gasteiger partial charge in [-0.1, -0.05) is 35.6 Å². The molecule has 0 atom stereocenters. The van der Waals surface area contributed by atoms with Gasteiger partial charge in [0.2, 0.25) is 0 Å². The van der Waals surface area contributed by atoms with Crippen LogP contribution < -0.4 is 19.1 Å². The van der Waals surface area contributed by atoms with E-state index in [0.717, 1.165) is 15.9 Å². The molecule has 0 radical (unpaired) electrons. The first kappa shape index (κ1) is 21.6. The highest BCUT2D eigenvalue weighted by Gasteiger charge is 2.23. The molecule has 0 fully saturated rings. The number of thiazole rings is 1. The predicted octanol–water partition coefficient (Wildman–Crippen LogP) is 4.71. The quantitative estimate of drug-likeness (QED) is 0.368. The first-order valence-corrected chi connectivity index (χ1v) is 11.0. The van der Waals surface area contributed by atoms with Gasteiger partial charge < -0.3 is 14.2 Å². The Kier molecular flexibility index (Phi) is 6.81. The second-order valence-corrected chi connectivity index (χ2v) is 7.78. The van der Waals surface area contributed by atoms with Gasteiger partial charge in [0.15, 0.2) is 23.2 Å². The summed E-state index contributed by atoms with van der Waals surface area (Å²) >= 11 is 1.43. The van der Waals surface area contributed by atoms with Crippen LogP contribution in [0.5, 0.6) is 17.2 Å². The molecular weight excluding hydrogens is 426 g/mol. The number of anilines is 1. The van der Waals surface area contributed by atoms with Crippen molar-refractivity contribution < 1.29 is 19.0 Å². The van der Waals surface area contributed by atoms with Crippen molar-refractivity contribution in [2.45, 2.75) is 13.5 Å². The fourth-order valence-corrected chi connectivity index (χ4v) is 4.17. The number of hydrogen-bond donors (Lipinski definition) is 0. The maximum absolute atomic E-state index is 13.3. The number of carbonyl (C=O) groups excluding carboxylic acids is 1. The highest BCUT2D eigenvalue weighted by atomic mass is 32.1. The Bertz CT molecular complexity index is 1200. The van der Waals surface area contributed by atoms with Gasteiger partial charge in [-0.2, -0.15) is 0 Å². The Morgan fingerprint density at radius 3 is 2.50 bits per heavy atom. The topological polar surface area (TPSA) is 73.8 Å². The van der Waals surface area contributed by atoms with Crippen LogP contribution in [0.4, 0.5) is 5.13 Å². The molecule has 2 aromatic carbocycles. The maximum atomic E-state index is 13.3. The summed E-state index contributed by atoms with van der Waals surface area (Å²) in [6.45, 7) is 2.58. The van der Waals surface area contributed by atoms with Crippen LogP contribution in [-0.4, -0.2) is 36.2 Å². The lowest BCUT2D eigenvalue weighted by atomic mass is 10.3. The molecule has 8 heteroatoms. The third kappa shape index (κ3) is 4.81. The van der Waals surface area contributed by atoms with E-state index in [4.69, 9.17) is 19.2 Å². The number of pyridine rings is 1. The van der Waals surface area contributed by atoms with E-state index in [1.54, 1.807) is 30.3 Å². The van der Waals surface area contributed by atoms with Crippen LogP contribution in [0, 0.1) is 0 Å². The Morgan fingerprint density at radius 2 is 1.75 bits per heavy atom. The van der Waals surface area contributed by atoms with Crippen molar-refractivity contribution in [2.24, 2.45) is 0 Å². The minimum atomic E-state index is -0.237. The molecular formula is C24H23N3O4S. The molecule has 2 heterocycles. The molecule has 2 aromatic heterocycles. The van der Waals surface area contributed by atoms with Gasteiger partial charge in [0, 0.05) is 6.20 Å². The number of fused-ring (bicyclic) bond motifs is 1. The Hall–Kier alpha value is -3.65. The summed E-state index contributed by atoms with van der Waals surface area (Å²) in [6.07, 6.45) is 1.70. The number of aromatic nitrogens is 2. The van der Waals surface area contributed by atoms with Gasteiger partial charge in [0.05, 0.1) is 30.7 Å². The zero-order chi connectivity index (χ0) is 22.3. The van der Waals surface area contributed by atoms with E-state index in [2.05, 4.69) is 4.98 Å². The van der Waals surface area contributed by atoms with Gasteiger partial charge in [-0.25, -0.2) is 4.98 Å². The fourth-order valence-electron chi connectivity index (χ4n) is 3.17. The average molecular weight is 450 g/mol. The summed E-state index contributed by atoms with van der Waals surface area (Å²) in [5.74, 6) is 1.53. The average Bonchev–Trinajstić information content (AvgIpc) is 3.27. The Morgan fingerprint density at radius 1 is 0.969 bits per heavy atom. The number of hydrogen-bond acceptors (Lipinski definition) is 7. The van der Waals surface area contributed by atoms with Crippen molar-refractivity contribution in [3.05, 3.63) is 72.6 Å². The van der Waals surface area contributed by atoms with Crippen molar-refractivity contribution in [1.29, 1.82) is 0 Å². The van der Waals surface area contributed by atoms with E-state index in [9.17, 15) is 4.79 Å². The maximum Gasteiger partial charge on any atom is 0.267 e. The van der Waals surface area contributed by atoms with Crippen LogP contribution in [0.25, 0.3) is 10.2 Å². The number of para-hydroxylation sites is 3. The molecule has 164 valence electrons. The van der Waals surface area contributed by atoms with Gasteiger partial charge in [0.1, 0.15) is 11.3 Å². The molecule has 4 aromatic rings. The minimum absolute atomic E-state index is 0.165. The molecule has 7 nitrogen and oxygen atoms in total. The monoisotopic (exact) mass is 449 g/mol. The first-order chi connectivity index (χ1) is 15.7. The van der Waals surface area contributed by atoms with E-state index >= 15 is 0 Å². The van der Waals surface area contributed by atoms with Gasteiger partial charge in [-0.15, -0.1) is 0 Å². The number of amides is 1. The molecule has 0 bridgehead atoms. The van der Waals surface area contributed by atoms with Crippen LogP contribution in [-0.2, 0) is 11.3 Å². The highest BCUT2D eigenvalue weighted by Crippen LogP contribution is 2.35. The second kappa shape index (κ2) is 10.1. The number of methoxy groups -OCH3 is 1. The van der Waals surface area contributed by atoms with Crippen molar-refractivity contribution in [3.8, 4) is 17.2 Å². The van der Waals surface area contributed by atoms with Crippen molar-refractivity contribution in [1.82, 2.24) is 9.97 Å². The molecule has 0 aliphatic carbocycles. The van der Waals surface area contributed by atoms with Gasteiger partial charge in [0.25, 0.3) is 5.91 Å². The van der Waals surface area contributed by atoms with Gasteiger partial charge in [-0.05, 0) is 43.3 Å². The largest absolute Gasteiger partial charge is 0.493 e.